The molecular weight excluding hydrogens is 325 g/mol. The highest BCUT2D eigenvalue weighted by atomic mass is 35.5. The molecule has 118 valence electrons. The molecule has 0 unspecified atom stereocenters. The van der Waals surface area contributed by atoms with E-state index in [0.29, 0.717) is 11.9 Å². The summed E-state index contributed by atoms with van der Waals surface area (Å²) in [5, 5.41) is 6.12. The molecule has 2 heterocycles. The minimum absolute atomic E-state index is 0.166. The number of aromatic amines is 1. The highest BCUT2D eigenvalue weighted by Crippen LogP contribution is 2.34. The molecule has 3 N–H and O–H groups in total. The molecule has 1 amide bonds. The van der Waals surface area contributed by atoms with Gasteiger partial charge in [0.2, 0.25) is 5.91 Å². The number of nitrogens with one attached hydrogen (secondary N) is 3. The summed E-state index contributed by atoms with van der Waals surface area (Å²) in [5.41, 5.74) is 3.13. The largest absolute Gasteiger partial charge is 0.420 e. The highest BCUT2D eigenvalue weighted by molar-refractivity contribution is 6.30. The molecule has 0 saturated heterocycles. The standard InChI is InChI=1S/C11H10ClF3N6O/c1-5-17-8(19-18-5)3-9(22)20-21-10-7(11(13,14)15)2-6(12)4-16-10/h2,4H,3H2,1H3,(H,16,21)(H,20,22)(H,17,18,19). The Bertz CT molecular complexity index is 687. The summed E-state index contributed by atoms with van der Waals surface area (Å²) >= 11 is 5.50. The molecule has 2 aromatic rings. The lowest BCUT2D eigenvalue weighted by Crippen LogP contribution is -2.32. The van der Waals surface area contributed by atoms with Crippen LogP contribution < -0.4 is 10.9 Å². The molecule has 0 spiro atoms. The maximum Gasteiger partial charge on any atom is 0.420 e. The first-order chi connectivity index (χ1) is 10.3. The molecule has 22 heavy (non-hydrogen) atoms. The lowest BCUT2D eigenvalue weighted by atomic mass is 10.2. The number of anilines is 1. The average Bonchev–Trinajstić information content (AvgIpc) is 2.81. The average molecular weight is 335 g/mol. The second-order valence-electron chi connectivity index (χ2n) is 4.23. The van der Waals surface area contributed by atoms with Gasteiger partial charge in [0.05, 0.1) is 11.4 Å². The van der Waals surface area contributed by atoms with Gasteiger partial charge >= 0.3 is 6.18 Å². The van der Waals surface area contributed by atoms with Crippen molar-refractivity contribution >= 4 is 23.3 Å². The number of carbonyl (C=O) groups excluding carboxylic acids is 1. The van der Waals surface area contributed by atoms with Gasteiger partial charge in [-0.2, -0.15) is 18.3 Å². The number of aromatic nitrogens is 4. The molecule has 2 rings (SSSR count). The lowest BCUT2D eigenvalue weighted by molar-refractivity contribution is -0.137. The molecule has 11 heteroatoms. The molecule has 0 aliphatic heterocycles. The van der Waals surface area contributed by atoms with Crippen molar-refractivity contribution in [3.05, 3.63) is 34.5 Å². The van der Waals surface area contributed by atoms with E-state index in [0.717, 1.165) is 6.20 Å². The van der Waals surface area contributed by atoms with Crippen LogP contribution in [0.4, 0.5) is 19.0 Å². The van der Waals surface area contributed by atoms with Crippen molar-refractivity contribution in [3.63, 3.8) is 0 Å². The van der Waals surface area contributed by atoms with Crippen LogP contribution in [0.5, 0.6) is 0 Å². The number of nitrogens with zero attached hydrogens (tertiary/aromatic N) is 3. The number of rotatable bonds is 4. The van der Waals surface area contributed by atoms with Crippen molar-refractivity contribution in [2.45, 2.75) is 19.5 Å². The van der Waals surface area contributed by atoms with Crippen LogP contribution in [0.3, 0.4) is 0 Å². The fourth-order valence-electron chi connectivity index (χ4n) is 1.54. The zero-order valence-electron chi connectivity index (χ0n) is 11.1. The summed E-state index contributed by atoms with van der Waals surface area (Å²) in [5.74, 6) is -0.438. The predicted molar refractivity (Wildman–Crippen MR) is 70.8 cm³/mol. The molecule has 0 fully saturated rings. The number of hydrogen-bond acceptors (Lipinski definition) is 5. The van der Waals surface area contributed by atoms with Crippen LogP contribution in [-0.2, 0) is 17.4 Å². The lowest BCUT2D eigenvalue weighted by Gasteiger charge is -2.14. The van der Waals surface area contributed by atoms with E-state index >= 15 is 0 Å². The topological polar surface area (TPSA) is 95.6 Å². The Morgan fingerprint density at radius 3 is 2.77 bits per heavy atom. The summed E-state index contributed by atoms with van der Waals surface area (Å²) in [6.07, 6.45) is -3.83. The Labute approximate surface area is 127 Å². The first-order valence-electron chi connectivity index (χ1n) is 5.91. The first kappa shape index (κ1) is 16.0. The smallest absolute Gasteiger partial charge is 0.281 e. The van der Waals surface area contributed by atoms with Crippen LogP contribution in [0.1, 0.15) is 17.2 Å². The Morgan fingerprint density at radius 1 is 1.45 bits per heavy atom. The Morgan fingerprint density at radius 2 is 2.18 bits per heavy atom. The van der Waals surface area contributed by atoms with Crippen molar-refractivity contribution in [1.29, 1.82) is 0 Å². The summed E-state index contributed by atoms with van der Waals surface area (Å²) in [6, 6.07) is 0.710. The number of halogens is 4. The van der Waals surface area contributed by atoms with Crippen LogP contribution in [-0.4, -0.2) is 26.1 Å². The molecule has 0 aromatic carbocycles. The van der Waals surface area contributed by atoms with E-state index in [-0.39, 0.29) is 17.3 Å². The van der Waals surface area contributed by atoms with Crippen LogP contribution in [0, 0.1) is 6.92 Å². The second-order valence-corrected chi connectivity index (χ2v) is 4.67. The normalized spacial score (nSPS) is 11.3. The number of H-pyrrole nitrogens is 1. The number of aryl methyl sites for hydroxylation is 1. The van der Waals surface area contributed by atoms with Gasteiger partial charge in [-0.3, -0.25) is 20.7 Å². The molecule has 0 bridgehead atoms. The van der Waals surface area contributed by atoms with Crippen molar-refractivity contribution in [2.24, 2.45) is 0 Å². The van der Waals surface area contributed by atoms with E-state index in [1.807, 2.05) is 0 Å². The monoisotopic (exact) mass is 334 g/mol. The quantitative estimate of drug-likeness (QED) is 0.742. The first-order valence-corrected chi connectivity index (χ1v) is 6.29. The molecule has 0 radical (unpaired) electrons. The number of amides is 1. The fraction of sp³-hybridized carbons (Fsp3) is 0.273. The van der Waals surface area contributed by atoms with Crippen LogP contribution in [0.15, 0.2) is 12.3 Å². The third-order valence-electron chi connectivity index (χ3n) is 2.44. The van der Waals surface area contributed by atoms with Crippen molar-refractivity contribution in [1.82, 2.24) is 25.6 Å². The van der Waals surface area contributed by atoms with E-state index in [4.69, 9.17) is 11.6 Å². The molecule has 0 atom stereocenters. The summed E-state index contributed by atoms with van der Waals surface area (Å²) in [7, 11) is 0. The number of pyridine rings is 1. The maximum absolute atomic E-state index is 12.8. The van der Waals surface area contributed by atoms with E-state index in [9.17, 15) is 18.0 Å². The van der Waals surface area contributed by atoms with Crippen LogP contribution >= 0.6 is 11.6 Å². The van der Waals surface area contributed by atoms with Crippen LogP contribution in [0.25, 0.3) is 0 Å². The van der Waals surface area contributed by atoms with Crippen molar-refractivity contribution < 1.29 is 18.0 Å². The Kier molecular flexibility index (Phi) is 4.50. The third kappa shape index (κ3) is 4.07. The highest BCUT2D eigenvalue weighted by Gasteiger charge is 2.34. The molecule has 0 aliphatic carbocycles. The van der Waals surface area contributed by atoms with E-state index < -0.39 is 23.5 Å². The fourth-order valence-corrected chi connectivity index (χ4v) is 1.70. The summed E-state index contributed by atoms with van der Waals surface area (Å²) < 4.78 is 38.5. The third-order valence-corrected chi connectivity index (χ3v) is 2.65. The van der Waals surface area contributed by atoms with Gasteiger partial charge < -0.3 is 0 Å². The molecule has 0 saturated carbocycles. The van der Waals surface area contributed by atoms with E-state index in [1.54, 1.807) is 6.92 Å². The summed E-state index contributed by atoms with van der Waals surface area (Å²) in [4.78, 5) is 19.0. The van der Waals surface area contributed by atoms with Gasteiger partial charge in [0.1, 0.15) is 11.4 Å². The van der Waals surface area contributed by atoms with Crippen LogP contribution in [0.2, 0.25) is 5.02 Å². The number of alkyl halides is 3. The van der Waals surface area contributed by atoms with E-state index in [1.165, 1.54) is 0 Å². The number of carbonyl (C=O) groups is 1. The van der Waals surface area contributed by atoms with E-state index in [2.05, 4.69) is 31.0 Å². The van der Waals surface area contributed by atoms with Gasteiger partial charge in [-0.05, 0) is 13.0 Å². The SMILES string of the molecule is Cc1nc(CC(=O)NNc2ncc(Cl)cc2C(F)(F)F)n[nH]1. The van der Waals surface area contributed by atoms with Gasteiger partial charge in [0.25, 0.3) is 0 Å². The Balaban J connectivity index is 2.03. The van der Waals surface area contributed by atoms with Gasteiger partial charge in [-0.25, -0.2) is 9.97 Å². The summed E-state index contributed by atoms with van der Waals surface area (Å²) in [6.45, 7) is 1.65. The molecule has 7 nitrogen and oxygen atoms in total. The molecule has 2 aromatic heterocycles. The van der Waals surface area contributed by atoms with Gasteiger partial charge in [-0.15, -0.1) is 0 Å². The van der Waals surface area contributed by atoms with Crippen molar-refractivity contribution in [2.75, 3.05) is 5.43 Å². The minimum Gasteiger partial charge on any atom is -0.281 e. The zero-order valence-corrected chi connectivity index (χ0v) is 11.9. The second kappa shape index (κ2) is 6.18. The van der Waals surface area contributed by atoms with Gasteiger partial charge in [0, 0.05) is 6.20 Å². The zero-order chi connectivity index (χ0) is 16.3. The van der Waals surface area contributed by atoms with Gasteiger partial charge in [0.15, 0.2) is 11.6 Å². The number of hydrogen-bond donors (Lipinski definition) is 3. The van der Waals surface area contributed by atoms with Crippen molar-refractivity contribution in [3.8, 4) is 0 Å². The predicted octanol–water partition coefficient (Wildman–Crippen LogP) is 1.87. The molecule has 0 aliphatic rings. The Hall–Kier alpha value is -2.36. The minimum atomic E-state index is -4.66. The molecular formula is C11H10ClF3N6O. The van der Waals surface area contributed by atoms with Gasteiger partial charge in [-0.1, -0.05) is 11.6 Å². The number of hydrazine groups is 1. The maximum atomic E-state index is 12.8.